The molecule has 1 fully saturated rings. The summed E-state index contributed by atoms with van der Waals surface area (Å²) >= 11 is 0. The molecule has 2 aromatic carbocycles. The van der Waals surface area contributed by atoms with Crippen LogP contribution in [0.15, 0.2) is 67.0 Å². The van der Waals surface area contributed by atoms with Gasteiger partial charge in [-0.15, -0.1) is 0 Å². The lowest BCUT2D eigenvalue weighted by molar-refractivity contribution is -0.118. The largest absolute Gasteiger partial charge is 0.379 e. The topological polar surface area (TPSA) is 108 Å². The number of ether oxygens (including phenoxy) is 1. The van der Waals surface area contributed by atoms with E-state index in [1.165, 1.54) is 0 Å². The number of anilines is 4. The van der Waals surface area contributed by atoms with Gasteiger partial charge >= 0.3 is 0 Å². The normalized spacial score (nSPS) is 13.9. The van der Waals surface area contributed by atoms with Crippen molar-refractivity contribution in [3.05, 3.63) is 72.6 Å². The van der Waals surface area contributed by atoms with Crippen molar-refractivity contribution in [3.8, 4) is 0 Å². The van der Waals surface area contributed by atoms with Crippen LogP contribution in [0, 0.1) is 0 Å². The number of nitrogens with one attached hydrogen (secondary N) is 3. The molecule has 32 heavy (non-hydrogen) atoms. The third-order valence-corrected chi connectivity index (χ3v) is 4.84. The van der Waals surface area contributed by atoms with E-state index in [0.717, 1.165) is 13.1 Å². The van der Waals surface area contributed by atoms with Crippen LogP contribution >= 0.6 is 0 Å². The van der Waals surface area contributed by atoms with Gasteiger partial charge in [0.05, 0.1) is 19.8 Å². The Morgan fingerprint density at radius 1 is 0.875 bits per heavy atom. The first-order chi connectivity index (χ1) is 15.7. The number of benzene rings is 2. The number of rotatable bonds is 7. The van der Waals surface area contributed by atoms with Crippen molar-refractivity contribution in [3.63, 3.8) is 0 Å². The standard InChI is InChI=1S/C23H24N6O3/c30-21(16-29-11-13-32-14-12-29)26-18-5-7-19(8-6-18)27-22(31)17-3-1-4-20(15-17)28-23-24-9-2-10-25-23/h1-10,15H,11-14,16H2,(H,26,30)(H,27,31)(H,24,25,28). The lowest BCUT2D eigenvalue weighted by Crippen LogP contribution is -2.41. The predicted octanol–water partition coefficient (Wildman–Crippen LogP) is 2.74. The van der Waals surface area contributed by atoms with Crippen LogP contribution in [-0.2, 0) is 9.53 Å². The summed E-state index contributed by atoms with van der Waals surface area (Å²) in [5.41, 5.74) is 2.51. The summed E-state index contributed by atoms with van der Waals surface area (Å²) in [7, 11) is 0. The van der Waals surface area contributed by atoms with E-state index >= 15 is 0 Å². The van der Waals surface area contributed by atoms with Gasteiger partial charge in [0.25, 0.3) is 5.91 Å². The Hall–Kier alpha value is -3.82. The molecular formula is C23H24N6O3. The van der Waals surface area contributed by atoms with E-state index in [4.69, 9.17) is 4.74 Å². The Bertz CT molecular complexity index is 1050. The number of hydrogen-bond acceptors (Lipinski definition) is 7. The molecule has 2 amide bonds. The number of hydrogen-bond donors (Lipinski definition) is 3. The van der Waals surface area contributed by atoms with E-state index in [1.807, 2.05) is 6.07 Å². The molecule has 3 aromatic rings. The number of carbonyl (C=O) groups excluding carboxylic acids is 2. The zero-order valence-electron chi connectivity index (χ0n) is 17.5. The second-order valence-electron chi connectivity index (χ2n) is 7.25. The SMILES string of the molecule is O=C(CN1CCOCC1)Nc1ccc(NC(=O)c2cccc(Nc3ncccn3)c2)cc1. The van der Waals surface area contributed by atoms with Gasteiger partial charge in [-0.25, -0.2) is 9.97 Å². The summed E-state index contributed by atoms with van der Waals surface area (Å²) < 4.78 is 5.29. The first-order valence-electron chi connectivity index (χ1n) is 10.3. The molecule has 0 bridgehead atoms. The molecule has 1 aromatic heterocycles. The molecule has 9 nitrogen and oxygen atoms in total. The van der Waals surface area contributed by atoms with Gasteiger partial charge in [0.2, 0.25) is 11.9 Å². The van der Waals surface area contributed by atoms with Crippen LogP contribution in [0.25, 0.3) is 0 Å². The summed E-state index contributed by atoms with van der Waals surface area (Å²) in [6, 6.07) is 15.8. The average Bonchev–Trinajstić information content (AvgIpc) is 2.82. The van der Waals surface area contributed by atoms with E-state index in [0.29, 0.717) is 48.3 Å². The Morgan fingerprint density at radius 2 is 1.56 bits per heavy atom. The second kappa shape index (κ2) is 10.5. The summed E-state index contributed by atoms with van der Waals surface area (Å²) in [5.74, 6) is 0.137. The van der Waals surface area contributed by atoms with E-state index in [-0.39, 0.29) is 11.8 Å². The van der Waals surface area contributed by atoms with Crippen LogP contribution in [0.5, 0.6) is 0 Å². The van der Waals surface area contributed by atoms with Gasteiger partial charge in [-0.05, 0) is 48.5 Å². The fourth-order valence-corrected chi connectivity index (χ4v) is 3.23. The zero-order valence-corrected chi connectivity index (χ0v) is 17.5. The summed E-state index contributed by atoms with van der Waals surface area (Å²) in [5, 5.41) is 8.81. The minimum Gasteiger partial charge on any atom is -0.379 e. The first kappa shape index (κ1) is 21.4. The van der Waals surface area contributed by atoms with Crippen molar-refractivity contribution < 1.29 is 14.3 Å². The van der Waals surface area contributed by atoms with Crippen LogP contribution in [0.4, 0.5) is 23.0 Å². The van der Waals surface area contributed by atoms with Crippen molar-refractivity contribution in [1.82, 2.24) is 14.9 Å². The van der Waals surface area contributed by atoms with E-state index in [2.05, 4.69) is 30.8 Å². The van der Waals surface area contributed by atoms with E-state index in [9.17, 15) is 9.59 Å². The van der Waals surface area contributed by atoms with Gasteiger partial charge in [0.1, 0.15) is 0 Å². The van der Waals surface area contributed by atoms with Crippen LogP contribution < -0.4 is 16.0 Å². The number of amides is 2. The van der Waals surface area contributed by atoms with Crippen molar-refractivity contribution in [1.29, 1.82) is 0 Å². The van der Waals surface area contributed by atoms with Crippen LogP contribution in [0.2, 0.25) is 0 Å². The molecule has 0 radical (unpaired) electrons. The Labute approximate surface area is 185 Å². The average molecular weight is 432 g/mol. The lowest BCUT2D eigenvalue weighted by Gasteiger charge is -2.25. The number of carbonyl (C=O) groups is 2. The second-order valence-corrected chi connectivity index (χ2v) is 7.25. The minimum absolute atomic E-state index is 0.0737. The maximum Gasteiger partial charge on any atom is 0.255 e. The number of aromatic nitrogens is 2. The molecule has 4 rings (SSSR count). The molecule has 0 aliphatic carbocycles. The van der Waals surface area contributed by atoms with E-state index < -0.39 is 0 Å². The van der Waals surface area contributed by atoms with Crippen molar-refractivity contribution in [2.75, 3.05) is 48.8 Å². The van der Waals surface area contributed by atoms with Gasteiger partial charge in [-0.1, -0.05) is 6.07 Å². The monoisotopic (exact) mass is 432 g/mol. The van der Waals surface area contributed by atoms with Gasteiger partial charge in [-0.3, -0.25) is 14.5 Å². The van der Waals surface area contributed by atoms with Crippen LogP contribution in [0.3, 0.4) is 0 Å². The molecule has 2 heterocycles. The molecule has 0 saturated carbocycles. The number of morpholine rings is 1. The van der Waals surface area contributed by atoms with Crippen LogP contribution in [0.1, 0.15) is 10.4 Å². The molecule has 0 atom stereocenters. The zero-order chi connectivity index (χ0) is 22.2. The van der Waals surface area contributed by atoms with Gasteiger partial charge in [0.15, 0.2) is 0 Å². The van der Waals surface area contributed by atoms with Crippen molar-refractivity contribution in [2.45, 2.75) is 0 Å². The fourth-order valence-electron chi connectivity index (χ4n) is 3.23. The van der Waals surface area contributed by atoms with Gasteiger partial charge < -0.3 is 20.7 Å². The van der Waals surface area contributed by atoms with Crippen LogP contribution in [-0.4, -0.2) is 59.5 Å². The summed E-state index contributed by atoms with van der Waals surface area (Å²) in [4.78, 5) is 35.1. The molecule has 0 unspecified atom stereocenters. The maximum atomic E-state index is 12.6. The molecule has 1 saturated heterocycles. The Balaban J connectivity index is 1.31. The summed E-state index contributed by atoms with van der Waals surface area (Å²) in [6.07, 6.45) is 3.28. The first-order valence-corrected chi connectivity index (χ1v) is 10.3. The highest BCUT2D eigenvalue weighted by Gasteiger charge is 2.14. The Morgan fingerprint density at radius 3 is 2.28 bits per heavy atom. The third-order valence-electron chi connectivity index (χ3n) is 4.84. The van der Waals surface area contributed by atoms with Crippen molar-refractivity contribution in [2.24, 2.45) is 0 Å². The maximum absolute atomic E-state index is 12.6. The quantitative estimate of drug-likeness (QED) is 0.527. The predicted molar refractivity (Wildman–Crippen MR) is 122 cm³/mol. The smallest absolute Gasteiger partial charge is 0.255 e. The molecule has 0 spiro atoms. The molecule has 9 heteroatoms. The molecule has 164 valence electrons. The van der Waals surface area contributed by atoms with E-state index in [1.54, 1.807) is 60.9 Å². The van der Waals surface area contributed by atoms with Gasteiger partial charge in [-0.2, -0.15) is 0 Å². The van der Waals surface area contributed by atoms with Crippen molar-refractivity contribution >= 4 is 34.8 Å². The molecule has 3 N–H and O–H groups in total. The number of nitrogens with zero attached hydrogens (tertiary/aromatic N) is 3. The highest BCUT2D eigenvalue weighted by atomic mass is 16.5. The molecule has 1 aliphatic rings. The fraction of sp³-hybridized carbons (Fsp3) is 0.217. The highest BCUT2D eigenvalue weighted by Crippen LogP contribution is 2.18. The lowest BCUT2D eigenvalue weighted by atomic mass is 10.2. The minimum atomic E-state index is -0.244. The summed E-state index contributed by atoms with van der Waals surface area (Å²) in [6.45, 7) is 3.16. The third kappa shape index (κ3) is 6.10. The Kier molecular flexibility index (Phi) is 7.01. The highest BCUT2D eigenvalue weighted by molar-refractivity contribution is 6.05. The van der Waals surface area contributed by atoms with Gasteiger partial charge in [0, 0.05) is 48.1 Å². The molecule has 1 aliphatic heterocycles. The molecular weight excluding hydrogens is 408 g/mol.